The van der Waals surface area contributed by atoms with Gasteiger partial charge < -0.3 is 9.05 Å². The van der Waals surface area contributed by atoms with Gasteiger partial charge in [-0.3, -0.25) is 0 Å². The Labute approximate surface area is 55.6 Å². The molecule has 0 aliphatic rings. The highest BCUT2D eigenvalue weighted by Crippen LogP contribution is 2.23. The van der Waals surface area contributed by atoms with Crippen LogP contribution in [-0.2, 0) is 13.6 Å². The fraction of sp³-hybridized carbons (Fsp3) is 0.600. The van der Waals surface area contributed by atoms with Crippen molar-refractivity contribution in [3.8, 4) is 0 Å². The van der Waals surface area contributed by atoms with Crippen LogP contribution in [-0.4, -0.2) is 6.61 Å². The standard InChI is InChI=1S/C5H11O3P/c1-3-5-8-9(6)7-4-2/h4,9H,2-3,5H2,1H3. The van der Waals surface area contributed by atoms with Gasteiger partial charge >= 0.3 is 8.25 Å². The maximum Gasteiger partial charge on any atom is 0.367 e. The average Bonchev–Trinajstić information content (AvgIpc) is 1.85. The number of hydrogen-bond acceptors (Lipinski definition) is 3. The Hall–Kier alpha value is -0.270. The normalized spacial score (nSPS) is 12.6. The summed E-state index contributed by atoms with van der Waals surface area (Å²) in [4.78, 5) is 0. The van der Waals surface area contributed by atoms with Crippen molar-refractivity contribution in [3.63, 3.8) is 0 Å². The maximum atomic E-state index is 10.5. The summed E-state index contributed by atoms with van der Waals surface area (Å²) in [6.45, 7) is 5.64. The van der Waals surface area contributed by atoms with Gasteiger partial charge in [0.15, 0.2) is 0 Å². The van der Waals surface area contributed by atoms with E-state index in [1.165, 1.54) is 0 Å². The van der Waals surface area contributed by atoms with Crippen molar-refractivity contribution >= 4 is 8.25 Å². The van der Waals surface area contributed by atoms with Crippen molar-refractivity contribution in [2.24, 2.45) is 0 Å². The Morgan fingerprint density at radius 3 is 2.89 bits per heavy atom. The Morgan fingerprint density at radius 2 is 2.44 bits per heavy atom. The van der Waals surface area contributed by atoms with Crippen LogP contribution in [0.4, 0.5) is 0 Å². The minimum Gasteiger partial charge on any atom is -0.435 e. The highest BCUT2D eigenvalue weighted by Gasteiger charge is 1.92. The molecule has 0 radical (unpaired) electrons. The molecule has 0 aliphatic carbocycles. The lowest BCUT2D eigenvalue weighted by Crippen LogP contribution is -1.81. The molecule has 0 saturated carbocycles. The van der Waals surface area contributed by atoms with Crippen LogP contribution in [0.25, 0.3) is 0 Å². The minimum atomic E-state index is -2.27. The summed E-state index contributed by atoms with van der Waals surface area (Å²) in [6.07, 6.45) is 1.97. The van der Waals surface area contributed by atoms with Gasteiger partial charge in [0.25, 0.3) is 0 Å². The SMILES string of the molecule is C=CO[PH](=O)OCCC. The van der Waals surface area contributed by atoms with Gasteiger partial charge in [-0.05, 0) is 6.42 Å². The molecule has 0 aliphatic heterocycles. The summed E-state index contributed by atoms with van der Waals surface area (Å²) in [5.41, 5.74) is 0. The summed E-state index contributed by atoms with van der Waals surface area (Å²) in [5.74, 6) is 0. The molecule has 0 heterocycles. The lowest BCUT2D eigenvalue weighted by molar-refractivity contribution is 0.272. The summed E-state index contributed by atoms with van der Waals surface area (Å²) in [5, 5.41) is 0. The molecule has 0 rings (SSSR count). The maximum absolute atomic E-state index is 10.5. The Kier molecular flexibility index (Phi) is 5.68. The minimum absolute atomic E-state index is 0.478. The highest BCUT2D eigenvalue weighted by molar-refractivity contribution is 7.33. The van der Waals surface area contributed by atoms with Gasteiger partial charge in [-0.2, -0.15) is 0 Å². The monoisotopic (exact) mass is 150 g/mol. The zero-order chi connectivity index (χ0) is 7.11. The third-order valence-corrected chi connectivity index (χ3v) is 1.40. The van der Waals surface area contributed by atoms with E-state index in [1.807, 2.05) is 6.92 Å². The fourth-order valence-corrected chi connectivity index (χ4v) is 0.862. The van der Waals surface area contributed by atoms with Gasteiger partial charge in [-0.15, -0.1) is 0 Å². The zero-order valence-corrected chi connectivity index (χ0v) is 6.42. The van der Waals surface area contributed by atoms with Crippen LogP contribution < -0.4 is 0 Å². The average molecular weight is 150 g/mol. The number of rotatable bonds is 5. The molecule has 0 spiro atoms. The van der Waals surface area contributed by atoms with E-state index in [9.17, 15) is 4.57 Å². The predicted molar refractivity (Wildman–Crippen MR) is 36.5 cm³/mol. The molecule has 9 heavy (non-hydrogen) atoms. The molecule has 0 aromatic heterocycles. The van der Waals surface area contributed by atoms with Gasteiger partial charge in [-0.1, -0.05) is 13.5 Å². The molecule has 1 unspecified atom stereocenters. The fourth-order valence-electron chi connectivity index (χ4n) is 0.287. The molecule has 0 fully saturated rings. The first-order valence-electron chi connectivity index (χ1n) is 2.75. The third-order valence-electron chi connectivity index (χ3n) is 0.604. The van der Waals surface area contributed by atoms with Crippen LogP contribution in [0.3, 0.4) is 0 Å². The lowest BCUT2D eigenvalue weighted by atomic mass is 10.5. The van der Waals surface area contributed by atoms with E-state index in [-0.39, 0.29) is 0 Å². The first kappa shape index (κ1) is 8.73. The quantitative estimate of drug-likeness (QED) is 0.444. The van der Waals surface area contributed by atoms with Crippen LogP contribution in [0.15, 0.2) is 12.8 Å². The summed E-state index contributed by atoms with van der Waals surface area (Å²) in [6, 6.07) is 0. The predicted octanol–water partition coefficient (Wildman–Crippen LogP) is 1.96. The summed E-state index contributed by atoms with van der Waals surface area (Å²) < 4.78 is 19.6. The molecule has 0 aromatic rings. The van der Waals surface area contributed by atoms with E-state index >= 15 is 0 Å². The van der Waals surface area contributed by atoms with E-state index in [0.29, 0.717) is 6.61 Å². The van der Waals surface area contributed by atoms with Crippen LogP contribution in [0, 0.1) is 0 Å². The second kappa shape index (κ2) is 5.86. The van der Waals surface area contributed by atoms with Crippen molar-refractivity contribution in [2.45, 2.75) is 13.3 Å². The van der Waals surface area contributed by atoms with Gasteiger partial charge in [0.05, 0.1) is 12.9 Å². The molecule has 0 bridgehead atoms. The van der Waals surface area contributed by atoms with Crippen LogP contribution in [0.5, 0.6) is 0 Å². The van der Waals surface area contributed by atoms with Crippen LogP contribution in [0.1, 0.15) is 13.3 Å². The lowest BCUT2D eigenvalue weighted by Gasteiger charge is -1.98. The third kappa shape index (κ3) is 5.60. The smallest absolute Gasteiger partial charge is 0.367 e. The van der Waals surface area contributed by atoms with Gasteiger partial charge in [0, 0.05) is 0 Å². The van der Waals surface area contributed by atoms with Gasteiger partial charge in [0.2, 0.25) is 0 Å². The first-order chi connectivity index (χ1) is 4.31. The molecule has 4 heteroatoms. The summed E-state index contributed by atoms with van der Waals surface area (Å²) in [7, 11) is -2.27. The van der Waals surface area contributed by atoms with E-state index in [4.69, 9.17) is 0 Å². The Balaban J connectivity index is 3.16. The van der Waals surface area contributed by atoms with Crippen molar-refractivity contribution in [1.82, 2.24) is 0 Å². The van der Waals surface area contributed by atoms with Crippen molar-refractivity contribution < 1.29 is 13.6 Å². The summed E-state index contributed by atoms with van der Waals surface area (Å²) >= 11 is 0. The molecule has 0 N–H and O–H groups in total. The Bertz CT molecular complexity index is 102. The molecule has 0 saturated heterocycles. The van der Waals surface area contributed by atoms with Crippen LogP contribution >= 0.6 is 8.25 Å². The molecule has 1 atom stereocenters. The second-order valence-corrected chi connectivity index (χ2v) is 2.41. The molecule has 3 nitrogen and oxygen atoms in total. The second-order valence-electron chi connectivity index (χ2n) is 1.38. The molecular formula is C5H11O3P. The molecule has 0 aromatic carbocycles. The van der Waals surface area contributed by atoms with Crippen LogP contribution in [0.2, 0.25) is 0 Å². The highest BCUT2D eigenvalue weighted by atomic mass is 31.1. The number of hydrogen-bond donors (Lipinski definition) is 0. The largest absolute Gasteiger partial charge is 0.435 e. The molecule has 54 valence electrons. The van der Waals surface area contributed by atoms with E-state index in [0.717, 1.165) is 12.7 Å². The molecule has 0 amide bonds. The van der Waals surface area contributed by atoms with E-state index < -0.39 is 8.25 Å². The van der Waals surface area contributed by atoms with E-state index in [2.05, 4.69) is 15.6 Å². The topological polar surface area (TPSA) is 35.5 Å². The van der Waals surface area contributed by atoms with Crippen molar-refractivity contribution in [1.29, 1.82) is 0 Å². The van der Waals surface area contributed by atoms with Crippen molar-refractivity contribution in [2.75, 3.05) is 6.61 Å². The zero-order valence-electron chi connectivity index (χ0n) is 5.42. The first-order valence-corrected chi connectivity index (χ1v) is 3.98. The molecular weight excluding hydrogens is 139 g/mol. The Morgan fingerprint density at radius 1 is 1.78 bits per heavy atom. The van der Waals surface area contributed by atoms with Gasteiger partial charge in [-0.25, -0.2) is 4.57 Å². The van der Waals surface area contributed by atoms with E-state index in [1.54, 1.807) is 0 Å². The van der Waals surface area contributed by atoms with Crippen molar-refractivity contribution in [3.05, 3.63) is 12.8 Å². The van der Waals surface area contributed by atoms with Gasteiger partial charge in [0.1, 0.15) is 0 Å².